The van der Waals surface area contributed by atoms with Gasteiger partial charge in [-0.1, -0.05) is 34.8 Å². The van der Waals surface area contributed by atoms with E-state index < -0.39 is 10.0 Å². The lowest BCUT2D eigenvalue weighted by atomic mass is 10.3. The van der Waals surface area contributed by atoms with E-state index in [9.17, 15) is 8.42 Å². The number of hydrogen-bond acceptors (Lipinski definition) is 3. The minimum Gasteiger partial charge on any atom is -0.492 e. The van der Waals surface area contributed by atoms with E-state index in [-0.39, 0.29) is 5.75 Å². The number of hydrogen-bond donors (Lipinski definition) is 1. The van der Waals surface area contributed by atoms with Crippen molar-refractivity contribution >= 4 is 44.8 Å². The van der Waals surface area contributed by atoms with Gasteiger partial charge in [0.2, 0.25) is 10.0 Å². The summed E-state index contributed by atoms with van der Waals surface area (Å²) >= 11 is 17.5. The highest BCUT2D eigenvalue weighted by Gasteiger charge is 2.07. The zero-order valence-corrected chi connectivity index (χ0v) is 12.4. The van der Waals surface area contributed by atoms with Gasteiger partial charge in [-0.2, -0.15) is 0 Å². The number of nitrogens with two attached hydrogens (primary N) is 1. The zero-order chi connectivity index (χ0) is 13.8. The molecule has 0 atom stereocenters. The highest BCUT2D eigenvalue weighted by Crippen LogP contribution is 2.33. The normalized spacial score (nSPS) is 11.6. The van der Waals surface area contributed by atoms with Gasteiger partial charge in [-0.05, 0) is 18.9 Å². The number of rotatable bonds is 6. The van der Waals surface area contributed by atoms with E-state index in [1.54, 1.807) is 0 Å². The molecule has 2 N–H and O–H groups in total. The Kier molecular flexibility index (Phi) is 6.01. The minimum atomic E-state index is -3.41. The Balaban J connectivity index is 2.43. The van der Waals surface area contributed by atoms with Crippen LogP contribution in [0.5, 0.6) is 5.75 Å². The lowest BCUT2D eigenvalue weighted by Gasteiger charge is -2.09. The third-order valence-corrected chi connectivity index (χ3v) is 3.93. The van der Waals surface area contributed by atoms with Crippen LogP contribution in [0.15, 0.2) is 12.1 Å². The number of benzene rings is 1. The SMILES string of the molecule is NS(=O)(=O)CCCCOc1cc(Cl)c(Cl)cc1Cl. The van der Waals surface area contributed by atoms with Gasteiger partial charge in [0, 0.05) is 6.07 Å². The predicted molar refractivity (Wildman–Crippen MR) is 74.2 cm³/mol. The molecule has 0 unspecified atom stereocenters. The first-order chi connectivity index (χ1) is 8.29. The molecular formula is C10H12Cl3NO3S. The maximum Gasteiger partial charge on any atom is 0.209 e. The van der Waals surface area contributed by atoms with E-state index in [4.69, 9.17) is 44.7 Å². The number of halogens is 3. The van der Waals surface area contributed by atoms with Gasteiger partial charge in [-0.15, -0.1) is 0 Å². The van der Waals surface area contributed by atoms with Gasteiger partial charge in [-0.3, -0.25) is 0 Å². The maximum absolute atomic E-state index is 10.7. The van der Waals surface area contributed by atoms with Crippen LogP contribution in [0.25, 0.3) is 0 Å². The lowest BCUT2D eigenvalue weighted by molar-refractivity contribution is 0.310. The van der Waals surface area contributed by atoms with Crippen LogP contribution < -0.4 is 9.88 Å². The molecule has 0 saturated heterocycles. The van der Waals surface area contributed by atoms with E-state index in [2.05, 4.69) is 0 Å². The van der Waals surface area contributed by atoms with Crippen LogP contribution in [0, 0.1) is 0 Å². The van der Waals surface area contributed by atoms with Crippen molar-refractivity contribution < 1.29 is 13.2 Å². The fourth-order valence-corrected chi connectivity index (χ4v) is 2.40. The summed E-state index contributed by atoms with van der Waals surface area (Å²) in [5.74, 6) is 0.354. The van der Waals surface area contributed by atoms with Crippen molar-refractivity contribution in [2.75, 3.05) is 12.4 Å². The molecule has 0 radical (unpaired) electrons. The highest BCUT2D eigenvalue weighted by atomic mass is 35.5. The number of ether oxygens (including phenoxy) is 1. The van der Waals surface area contributed by atoms with Gasteiger partial charge in [0.25, 0.3) is 0 Å². The number of unbranched alkanes of at least 4 members (excludes halogenated alkanes) is 1. The Labute approximate surface area is 121 Å². The number of primary sulfonamides is 1. The fraction of sp³-hybridized carbons (Fsp3) is 0.400. The molecule has 1 aromatic rings. The summed E-state index contributed by atoms with van der Waals surface area (Å²) in [4.78, 5) is 0. The second-order valence-electron chi connectivity index (χ2n) is 3.62. The van der Waals surface area contributed by atoms with E-state index in [1.165, 1.54) is 12.1 Å². The van der Waals surface area contributed by atoms with Gasteiger partial charge >= 0.3 is 0 Å². The van der Waals surface area contributed by atoms with Crippen LogP contribution in [-0.4, -0.2) is 20.8 Å². The first-order valence-corrected chi connectivity index (χ1v) is 7.92. The molecule has 18 heavy (non-hydrogen) atoms. The Morgan fingerprint density at radius 1 is 1.06 bits per heavy atom. The summed E-state index contributed by atoms with van der Waals surface area (Å²) in [5.41, 5.74) is 0. The van der Waals surface area contributed by atoms with Gasteiger partial charge in [-0.25, -0.2) is 13.6 Å². The monoisotopic (exact) mass is 331 g/mol. The zero-order valence-electron chi connectivity index (χ0n) is 9.33. The first kappa shape index (κ1) is 15.9. The largest absolute Gasteiger partial charge is 0.492 e. The average Bonchev–Trinajstić information content (AvgIpc) is 2.23. The molecule has 0 heterocycles. The van der Waals surface area contributed by atoms with Crippen LogP contribution in [-0.2, 0) is 10.0 Å². The van der Waals surface area contributed by atoms with Crippen molar-refractivity contribution in [3.05, 3.63) is 27.2 Å². The summed E-state index contributed by atoms with van der Waals surface area (Å²) in [7, 11) is -3.41. The molecule has 0 bridgehead atoms. The molecule has 0 aliphatic carbocycles. The summed E-state index contributed by atoms with van der Waals surface area (Å²) in [5, 5.41) is 5.92. The third kappa shape index (κ3) is 5.63. The van der Waals surface area contributed by atoms with E-state index >= 15 is 0 Å². The Bertz CT molecular complexity index is 519. The first-order valence-electron chi connectivity index (χ1n) is 5.07. The molecule has 0 aliphatic rings. The van der Waals surface area contributed by atoms with Crippen molar-refractivity contribution in [3.8, 4) is 5.75 Å². The smallest absolute Gasteiger partial charge is 0.209 e. The van der Waals surface area contributed by atoms with Crippen LogP contribution in [0.3, 0.4) is 0 Å². The second kappa shape index (κ2) is 6.82. The van der Waals surface area contributed by atoms with Crippen LogP contribution in [0.2, 0.25) is 15.1 Å². The van der Waals surface area contributed by atoms with Crippen molar-refractivity contribution in [2.45, 2.75) is 12.8 Å². The summed E-state index contributed by atoms with van der Waals surface area (Å²) in [6.07, 6.45) is 0.977. The summed E-state index contributed by atoms with van der Waals surface area (Å²) in [6.45, 7) is 0.327. The van der Waals surface area contributed by atoms with E-state index in [1.807, 2.05) is 0 Å². The lowest BCUT2D eigenvalue weighted by Crippen LogP contribution is -2.16. The van der Waals surface area contributed by atoms with Gasteiger partial charge < -0.3 is 4.74 Å². The quantitative estimate of drug-likeness (QED) is 0.643. The predicted octanol–water partition coefficient (Wildman–Crippen LogP) is 3.09. The molecule has 0 aliphatic heterocycles. The Morgan fingerprint density at radius 2 is 1.67 bits per heavy atom. The molecule has 0 spiro atoms. The molecular weight excluding hydrogens is 321 g/mol. The third-order valence-electron chi connectivity index (χ3n) is 2.06. The molecule has 4 nitrogen and oxygen atoms in total. The summed E-state index contributed by atoms with van der Waals surface area (Å²) in [6, 6.07) is 3.01. The highest BCUT2D eigenvalue weighted by molar-refractivity contribution is 7.89. The van der Waals surface area contributed by atoms with Crippen molar-refractivity contribution in [3.63, 3.8) is 0 Å². The molecule has 0 saturated carbocycles. The van der Waals surface area contributed by atoms with Gasteiger partial charge in [0.05, 0.1) is 27.4 Å². The second-order valence-corrected chi connectivity index (χ2v) is 6.57. The average molecular weight is 333 g/mol. The standard InChI is InChI=1S/C10H12Cl3NO3S/c11-7-5-9(13)10(6-8(7)12)17-3-1-2-4-18(14,15)16/h5-6H,1-4H2,(H2,14,15,16). The van der Waals surface area contributed by atoms with Crippen molar-refractivity contribution in [2.24, 2.45) is 5.14 Å². The number of sulfonamides is 1. The molecule has 1 aromatic carbocycles. The summed E-state index contributed by atoms with van der Waals surface area (Å²) < 4.78 is 26.7. The van der Waals surface area contributed by atoms with Crippen molar-refractivity contribution in [1.82, 2.24) is 0 Å². The van der Waals surface area contributed by atoms with E-state index in [0.717, 1.165) is 0 Å². The minimum absolute atomic E-state index is 0.0640. The van der Waals surface area contributed by atoms with E-state index in [0.29, 0.717) is 40.3 Å². The van der Waals surface area contributed by atoms with Gasteiger partial charge in [0.1, 0.15) is 5.75 Å². The Morgan fingerprint density at radius 3 is 2.28 bits per heavy atom. The molecule has 0 fully saturated rings. The topological polar surface area (TPSA) is 69.4 Å². The molecule has 0 aromatic heterocycles. The molecule has 102 valence electrons. The molecule has 0 amide bonds. The van der Waals surface area contributed by atoms with Crippen LogP contribution in [0.1, 0.15) is 12.8 Å². The van der Waals surface area contributed by atoms with Crippen LogP contribution in [0.4, 0.5) is 0 Å². The fourth-order valence-electron chi connectivity index (χ4n) is 1.20. The maximum atomic E-state index is 10.7. The molecule has 8 heteroatoms. The van der Waals surface area contributed by atoms with Crippen LogP contribution >= 0.6 is 34.8 Å². The van der Waals surface area contributed by atoms with Crippen molar-refractivity contribution in [1.29, 1.82) is 0 Å². The Hall–Kier alpha value is -0.200. The molecule has 1 rings (SSSR count). The van der Waals surface area contributed by atoms with Gasteiger partial charge in [0.15, 0.2) is 0 Å².